The van der Waals surface area contributed by atoms with Gasteiger partial charge in [-0.15, -0.1) is 0 Å². The van der Waals surface area contributed by atoms with Gasteiger partial charge in [-0.25, -0.2) is 0 Å². The predicted octanol–water partition coefficient (Wildman–Crippen LogP) is -0.114. The van der Waals surface area contributed by atoms with Gasteiger partial charge in [0.15, 0.2) is 0 Å². The van der Waals surface area contributed by atoms with Crippen LogP contribution in [0, 0.1) is 0 Å². The van der Waals surface area contributed by atoms with Gasteiger partial charge in [-0.1, -0.05) is 0 Å². The lowest BCUT2D eigenvalue weighted by Gasteiger charge is -2.41. The first-order valence-electron chi connectivity index (χ1n) is 7.97. The van der Waals surface area contributed by atoms with Crippen molar-refractivity contribution >= 4 is 5.91 Å². The zero-order valence-electron chi connectivity index (χ0n) is 13.6. The molecular weight excluding hydrogens is 270 g/mol. The van der Waals surface area contributed by atoms with E-state index in [4.69, 9.17) is 9.47 Å². The van der Waals surface area contributed by atoms with Crippen LogP contribution in [0.25, 0.3) is 0 Å². The number of hydrogen-bond acceptors (Lipinski definition) is 5. The number of hydrogen-bond donors (Lipinski definition) is 0. The molecule has 2 rings (SSSR count). The maximum atomic E-state index is 12.5. The first kappa shape index (κ1) is 16.7. The SMILES string of the molecule is COC[C@H](C)N1CCN([C@H](C)C(=O)N2CCOCC2)CC1. The number of morpholine rings is 1. The van der Waals surface area contributed by atoms with Gasteiger partial charge in [-0.05, 0) is 13.8 Å². The summed E-state index contributed by atoms with van der Waals surface area (Å²) in [6.45, 7) is 11.7. The highest BCUT2D eigenvalue weighted by atomic mass is 16.5. The van der Waals surface area contributed by atoms with E-state index in [9.17, 15) is 4.79 Å². The Morgan fingerprint density at radius 3 is 2.19 bits per heavy atom. The van der Waals surface area contributed by atoms with Crippen molar-refractivity contribution in [3.05, 3.63) is 0 Å². The predicted molar refractivity (Wildman–Crippen MR) is 81.3 cm³/mol. The van der Waals surface area contributed by atoms with Crippen LogP contribution in [-0.4, -0.2) is 98.9 Å². The summed E-state index contributed by atoms with van der Waals surface area (Å²) in [6.07, 6.45) is 0. The first-order valence-corrected chi connectivity index (χ1v) is 7.97. The molecule has 2 fully saturated rings. The van der Waals surface area contributed by atoms with Gasteiger partial charge in [-0.3, -0.25) is 14.6 Å². The van der Waals surface area contributed by atoms with Crippen molar-refractivity contribution < 1.29 is 14.3 Å². The normalized spacial score (nSPS) is 24.8. The Morgan fingerprint density at radius 1 is 1.05 bits per heavy atom. The van der Waals surface area contributed by atoms with E-state index in [-0.39, 0.29) is 11.9 Å². The van der Waals surface area contributed by atoms with Crippen LogP contribution in [0.2, 0.25) is 0 Å². The van der Waals surface area contributed by atoms with Crippen LogP contribution in [0.1, 0.15) is 13.8 Å². The smallest absolute Gasteiger partial charge is 0.239 e. The molecule has 122 valence electrons. The maximum absolute atomic E-state index is 12.5. The Kier molecular flexibility index (Phi) is 6.41. The number of piperazine rings is 1. The summed E-state index contributed by atoms with van der Waals surface area (Å²) in [6, 6.07) is 0.422. The number of nitrogens with zero attached hydrogens (tertiary/aromatic N) is 3. The summed E-state index contributed by atoms with van der Waals surface area (Å²) < 4.78 is 10.5. The lowest BCUT2D eigenvalue weighted by molar-refractivity contribution is -0.141. The van der Waals surface area contributed by atoms with Crippen LogP contribution in [-0.2, 0) is 14.3 Å². The van der Waals surface area contributed by atoms with Gasteiger partial charge in [0.1, 0.15) is 0 Å². The molecule has 0 aliphatic carbocycles. The fraction of sp³-hybridized carbons (Fsp3) is 0.933. The summed E-state index contributed by atoms with van der Waals surface area (Å²) in [4.78, 5) is 19.2. The molecule has 0 bridgehead atoms. The second-order valence-corrected chi connectivity index (χ2v) is 5.99. The van der Waals surface area contributed by atoms with Crippen molar-refractivity contribution in [2.45, 2.75) is 25.9 Å². The van der Waals surface area contributed by atoms with E-state index in [0.29, 0.717) is 19.3 Å². The standard InChI is InChI=1S/C15H29N3O3/c1-13(12-20-3)16-4-6-17(7-5-16)14(2)15(19)18-8-10-21-11-9-18/h13-14H,4-12H2,1-3H3/t13-,14+/m0/s1. The summed E-state index contributed by atoms with van der Waals surface area (Å²) in [5, 5.41) is 0. The molecule has 2 atom stereocenters. The van der Waals surface area contributed by atoms with E-state index in [1.807, 2.05) is 11.8 Å². The van der Waals surface area contributed by atoms with Crippen LogP contribution in [0.5, 0.6) is 0 Å². The molecule has 21 heavy (non-hydrogen) atoms. The van der Waals surface area contributed by atoms with Crippen molar-refractivity contribution in [2.75, 3.05) is 66.2 Å². The quantitative estimate of drug-likeness (QED) is 0.709. The lowest BCUT2D eigenvalue weighted by Crippen LogP contribution is -2.57. The number of carbonyl (C=O) groups excluding carboxylic acids is 1. The van der Waals surface area contributed by atoms with Crippen LogP contribution in [0.4, 0.5) is 0 Å². The van der Waals surface area contributed by atoms with Crippen molar-refractivity contribution in [1.29, 1.82) is 0 Å². The molecule has 2 heterocycles. The van der Waals surface area contributed by atoms with E-state index < -0.39 is 0 Å². The van der Waals surface area contributed by atoms with E-state index in [1.54, 1.807) is 7.11 Å². The molecule has 2 aliphatic rings. The zero-order valence-corrected chi connectivity index (χ0v) is 13.6. The second kappa shape index (κ2) is 8.08. The summed E-state index contributed by atoms with van der Waals surface area (Å²) >= 11 is 0. The second-order valence-electron chi connectivity index (χ2n) is 5.99. The van der Waals surface area contributed by atoms with Gasteiger partial charge < -0.3 is 14.4 Å². The largest absolute Gasteiger partial charge is 0.383 e. The Balaban J connectivity index is 1.79. The van der Waals surface area contributed by atoms with Crippen molar-refractivity contribution in [2.24, 2.45) is 0 Å². The molecule has 6 nitrogen and oxygen atoms in total. The molecule has 0 spiro atoms. The third kappa shape index (κ3) is 4.39. The zero-order chi connectivity index (χ0) is 15.2. The molecule has 0 saturated carbocycles. The van der Waals surface area contributed by atoms with Gasteiger partial charge in [-0.2, -0.15) is 0 Å². The first-order chi connectivity index (χ1) is 10.1. The average molecular weight is 299 g/mol. The minimum absolute atomic E-state index is 0.0250. The lowest BCUT2D eigenvalue weighted by atomic mass is 10.1. The molecule has 0 aromatic carbocycles. The monoisotopic (exact) mass is 299 g/mol. The van der Waals surface area contributed by atoms with E-state index in [2.05, 4.69) is 16.7 Å². The summed E-state index contributed by atoms with van der Waals surface area (Å²) in [7, 11) is 1.75. The summed E-state index contributed by atoms with van der Waals surface area (Å²) in [5.41, 5.74) is 0. The van der Waals surface area contributed by atoms with E-state index >= 15 is 0 Å². The third-order valence-corrected chi connectivity index (χ3v) is 4.61. The van der Waals surface area contributed by atoms with Crippen molar-refractivity contribution in [3.8, 4) is 0 Å². The van der Waals surface area contributed by atoms with Gasteiger partial charge in [0, 0.05) is 52.4 Å². The number of ether oxygens (including phenoxy) is 2. The highest BCUT2D eigenvalue weighted by Gasteiger charge is 2.30. The molecule has 1 amide bonds. The third-order valence-electron chi connectivity index (χ3n) is 4.61. The van der Waals surface area contributed by atoms with Gasteiger partial charge in [0.05, 0.1) is 25.9 Å². The van der Waals surface area contributed by atoms with Crippen LogP contribution in [0.3, 0.4) is 0 Å². The molecule has 0 aromatic heterocycles. The Hall–Kier alpha value is -0.690. The molecule has 2 aliphatic heterocycles. The average Bonchev–Trinajstić information content (AvgIpc) is 2.54. The van der Waals surface area contributed by atoms with Gasteiger partial charge in [0.25, 0.3) is 0 Å². The number of rotatable bonds is 5. The van der Waals surface area contributed by atoms with Crippen molar-refractivity contribution in [3.63, 3.8) is 0 Å². The fourth-order valence-corrected chi connectivity index (χ4v) is 3.12. The number of amides is 1. The molecule has 0 radical (unpaired) electrons. The topological polar surface area (TPSA) is 45.2 Å². The Bertz CT molecular complexity index is 326. The Morgan fingerprint density at radius 2 is 1.62 bits per heavy atom. The van der Waals surface area contributed by atoms with Crippen LogP contribution >= 0.6 is 0 Å². The van der Waals surface area contributed by atoms with Gasteiger partial charge in [0.2, 0.25) is 5.91 Å². The molecule has 0 unspecified atom stereocenters. The van der Waals surface area contributed by atoms with Crippen LogP contribution in [0.15, 0.2) is 0 Å². The highest BCUT2D eigenvalue weighted by molar-refractivity contribution is 5.81. The van der Waals surface area contributed by atoms with Crippen LogP contribution < -0.4 is 0 Å². The molecule has 0 N–H and O–H groups in total. The van der Waals surface area contributed by atoms with E-state index in [1.165, 1.54) is 0 Å². The molecular formula is C15H29N3O3. The maximum Gasteiger partial charge on any atom is 0.239 e. The highest BCUT2D eigenvalue weighted by Crippen LogP contribution is 2.12. The molecule has 2 saturated heterocycles. The number of methoxy groups -OCH3 is 1. The minimum Gasteiger partial charge on any atom is -0.383 e. The molecule has 0 aromatic rings. The summed E-state index contributed by atoms with van der Waals surface area (Å²) in [5.74, 6) is 0.247. The van der Waals surface area contributed by atoms with Gasteiger partial charge >= 0.3 is 0 Å². The Labute approximate surface area is 128 Å². The minimum atomic E-state index is -0.0250. The fourth-order valence-electron chi connectivity index (χ4n) is 3.12. The van der Waals surface area contributed by atoms with Crippen molar-refractivity contribution in [1.82, 2.24) is 14.7 Å². The number of carbonyl (C=O) groups is 1. The molecule has 6 heteroatoms. The van der Waals surface area contributed by atoms with E-state index in [0.717, 1.165) is 45.9 Å².